The number of hydrogen-bond donors (Lipinski definition) is 1. The lowest BCUT2D eigenvalue weighted by molar-refractivity contribution is -0.149. The van der Waals surface area contributed by atoms with Crippen LogP contribution in [0.15, 0.2) is 30.3 Å². The zero-order valence-corrected chi connectivity index (χ0v) is 11.3. The predicted octanol–water partition coefficient (Wildman–Crippen LogP) is 1.60. The van der Waals surface area contributed by atoms with Crippen molar-refractivity contribution < 1.29 is 9.53 Å². The third-order valence-corrected chi connectivity index (χ3v) is 2.93. The van der Waals surface area contributed by atoms with Gasteiger partial charge in [0, 0.05) is 13.2 Å². The molecule has 4 nitrogen and oxygen atoms in total. The average Bonchev–Trinajstić information content (AvgIpc) is 2.38. The van der Waals surface area contributed by atoms with E-state index in [0.29, 0.717) is 13.2 Å². The van der Waals surface area contributed by atoms with Crippen LogP contribution in [0.3, 0.4) is 0 Å². The summed E-state index contributed by atoms with van der Waals surface area (Å²) in [7, 11) is 1.41. The van der Waals surface area contributed by atoms with E-state index in [0.717, 1.165) is 5.56 Å². The van der Waals surface area contributed by atoms with Gasteiger partial charge in [-0.1, -0.05) is 44.2 Å². The van der Waals surface area contributed by atoms with E-state index in [1.165, 1.54) is 7.11 Å². The number of benzene rings is 1. The molecule has 0 heterocycles. The standard InChI is InChI=1S/C14H22N2O2/c1-11(2)13(14(17)18-3)16(10-15)9-12-7-5-4-6-8-12/h4-8,11,13H,9-10,15H2,1-3H3. The van der Waals surface area contributed by atoms with E-state index in [2.05, 4.69) is 0 Å². The van der Waals surface area contributed by atoms with Crippen LogP contribution in [0.1, 0.15) is 19.4 Å². The highest BCUT2D eigenvalue weighted by Gasteiger charge is 2.29. The highest BCUT2D eigenvalue weighted by atomic mass is 16.5. The molecule has 1 atom stereocenters. The van der Waals surface area contributed by atoms with E-state index in [1.54, 1.807) is 0 Å². The Kier molecular flexibility index (Phi) is 5.82. The number of rotatable bonds is 6. The van der Waals surface area contributed by atoms with Crippen molar-refractivity contribution >= 4 is 5.97 Å². The maximum absolute atomic E-state index is 11.8. The summed E-state index contributed by atoms with van der Waals surface area (Å²) in [6.45, 7) is 4.96. The molecular weight excluding hydrogens is 228 g/mol. The number of carbonyl (C=O) groups excluding carboxylic acids is 1. The molecule has 0 aliphatic rings. The molecule has 1 rings (SSSR count). The van der Waals surface area contributed by atoms with Gasteiger partial charge >= 0.3 is 5.97 Å². The van der Waals surface area contributed by atoms with E-state index in [-0.39, 0.29) is 17.9 Å². The van der Waals surface area contributed by atoms with Crippen LogP contribution >= 0.6 is 0 Å². The van der Waals surface area contributed by atoms with Crippen LogP contribution in [0.5, 0.6) is 0 Å². The molecule has 0 amide bonds. The maximum Gasteiger partial charge on any atom is 0.323 e. The molecular formula is C14H22N2O2. The number of nitrogens with two attached hydrogens (primary N) is 1. The van der Waals surface area contributed by atoms with E-state index >= 15 is 0 Å². The lowest BCUT2D eigenvalue weighted by Crippen LogP contribution is -2.47. The number of ether oxygens (including phenoxy) is 1. The Morgan fingerprint density at radius 1 is 1.33 bits per heavy atom. The molecule has 1 unspecified atom stereocenters. The van der Waals surface area contributed by atoms with Gasteiger partial charge in [0.05, 0.1) is 7.11 Å². The number of esters is 1. The Balaban J connectivity index is 2.83. The first-order valence-corrected chi connectivity index (χ1v) is 6.16. The minimum atomic E-state index is -0.305. The molecule has 4 heteroatoms. The molecule has 0 saturated carbocycles. The molecule has 18 heavy (non-hydrogen) atoms. The van der Waals surface area contributed by atoms with Gasteiger partial charge in [-0.3, -0.25) is 9.69 Å². The van der Waals surface area contributed by atoms with E-state index in [9.17, 15) is 4.79 Å². The molecule has 0 aromatic heterocycles. The van der Waals surface area contributed by atoms with Crippen molar-refractivity contribution in [2.75, 3.05) is 13.8 Å². The Morgan fingerprint density at radius 2 is 1.94 bits per heavy atom. The largest absolute Gasteiger partial charge is 0.468 e. The van der Waals surface area contributed by atoms with Crippen molar-refractivity contribution in [1.29, 1.82) is 0 Å². The van der Waals surface area contributed by atoms with Crippen LogP contribution in [0.4, 0.5) is 0 Å². The molecule has 100 valence electrons. The Hall–Kier alpha value is -1.39. The number of nitrogens with zero attached hydrogens (tertiary/aromatic N) is 1. The molecule has 1 aromatic carbocycles. The van der Waals surface area contributed by atoms with Crippen molar-refractivity contribution in [1.82, 2.24) is 4.90 Å². The molecule has 0 aliphatic carbocycles. The van der Waals surface area contributed by atoms with Gasteiger partial charge in [0.1, 0.15) is 6.04 Å². The molecule has 1 aromatic rings. The number of methoxy groups -OCH3 is 1. The van der Waals surface area contributed by atoms with Crippen molar-refractivity contribution in [3.63, 3.8) is 0 Å². The second kappa shape index (κ2) is 7.13. The summed E-state index contributed by atoms with van der Waals surface area (Å²) in [6.07, 6.45) is 0. The second-order valence-electron chi connectivity index (χ2n) is 4.63. The normalized spacial score (nSPS) is 12.8. The van der Waals surface area contributed by atoms with Crippen LogP contribution in [0, 0.1) is 5.92 Å². The summed E-state index contributed by atoms with van der Waals surface area (Å²) in [4.78, 5) is 13.8. The third-order valence-electron chi connectivity index (χ3n) is 2.93. The van der Waals surface area contributed by atoms with Gasteiger partial charge in [-0.2, -0.15) is 0 Å². The Morgan fingerprint density at radius 3 is 2.39 bits per heavy atom. The van der Waals surface area contributed by atoms with E-state index in [1.807, 2.05) is 49.1 Å². The van der Waals surface area contributed by atoms with Gasteiger partial charge in [0.25, 0.3) is 0 Å². The van der Waals surface area contributed by atoms with Gasteiger partial charge in [-0.15, -0.1) is 0 Å². The molecule has 2 N–H and O–H groups in total. The fourth-order valence-electron chi connectivity index (χ4n) is 2.06. The van der Waals surface area contributed by atoms with Gasteiger partial charge in [0.15, 0.2) is 0 Å². The summed E-state index contributed by atoms with van der Waals surface area (Å²) < 4.78 is 4.86. The fraction of sp³-hybridized carbons (Fsp3) is 0.500. The van der Waals surface area contributed by atoms with Crippen LogP contribution in [-0.4, -0.2) is 30.7 Å². The van der Waals surface area contributed by atoms with E-state index < -0.39 is 0 Å². The average molecular weight is 250 g/mol. The van der Waals surface area contributed by atoms with E-state index in [4.69, 9.17) is 10.5 Å². The van der Waals surface area contributed by atoms with Crippen molar-refractivity contribution in [3.8, 4) is 0 Å². The second-order valence-corrected chi connectivity index (χ2v) is 4.63. The highest BCUT2D eigenvalue weighted by molar-refractivity contribution is 5.75. The number of hydrogen-bond acceptors (Lipinski definition) is 4. The molecule has 0 radical (unpaired) electrons. The molecule has 0 saturated heterocycles. The topological polar surface area (TPSA) is 55.6 Å². The van der Waals surface area contributed by atoms with Gasteiger partial charge < -0.3 is 10.5 Å². The lowest BCUT2D eigenvalue weighted by Gasteiger charge is -2.31. The zero-order valence-electron chi connectivity index (χ0n) is 11.3. The van der Waals surface area contributed by atoms with Gasteiger partial charge in [-0.25, -0.2) is 0 Å². The summed E-state index contributed by atoms with van der Waals surface area (Å²) in [5.41, 5.74) is 6.91. The van der Waals surface area contributed by atoms with Crippen LogP contribution in [0.2, 0.25) is 0 Å². The summed E-state index contributed by atoms with van der Waals surface area (Å²) >= 11 is 0. The molecule has 0 aliphatic heterocycles. The van der Waals surface area contributed by atoms with Crippen molar-refractivity contribution in [3.05, 3.63) is 35.9 Å². The minimum Gasteiger partial charge on any atom is -0.468 e. The fourth-order valence-corrected chi connectivity index (χ4v) is 2.06. The van der Waals surface area contributed by atoms with Crippen LogP contribution < -0.4 is 5.73 Å². The first-order valence-electron chi connectivity index (χ1n) is 6.16. The molecule has 0 fully saturated rings. The molecule has 0 bridgehead atoms. The summed E-state index contributed by atoms with van der Waals surface area (Å²) in [5, 5.41) is 0. The Labute approximate surface area is 109 Å². The minimum absolute atomic E-state index is 0.157. The lowest BCUT2D eigenvalue weighted by atomic mass is 10.0. The number of carbonyl (C=O) groups is 1. The first-order chi connectivity index (χ1) is 8.60. The maximum atomic E-state index is 11.8. The molecule has 0 spiro atoms. The van der Waals surface area contributed by atoms with Crippen molar-refractivity contribution in [2.24, 2.45) is 11.7 Å². The first kappa shape index (κ1) is 14.7. The predicted molar refractivity (Wildman–Crippen MR) is 71.7 cm³/mol. The zero-order chi connectivity index (χ0) is 13.5. The quantitative estimate of drug-likeness (QED) is 0.615. The van der Waals surface area contributed by atoms with Crippen LogP contribution in [-0.2, 0) is 16.1 Å². The van der Waals surface area contributed by atoms with Gasteiger partial charge in [-0.05, 0) is 11.5 Å². The third kappa shape index (κ3) is 3.82. The SMILES string of the molecule is COC(=O)C(C(C)C)N(CN)Cc1ccccc1. The van der Waals surface area contributed by atoms with Gasteiger partial charge in [0.2, 0.25) is 0 Å². The summed E-state index contributed by atoms with van der Waals surface area (Å²) in [6, 6.07) is 9.67. The highest BCUT2D eigenvalue weighted by Crippen LogP contribution is 2.15. The monoisotopic (exact) mass is 250 g/mol. The van der Waals surface area contributed by atoms with Crippen molar-refractivity contribution in [2.45, 2.75) is 26.4 Å². The van der Waals surface area contributed by atoms with Crippen LogP contribution in [0.25, 0.3) is 0 Å². The summed E-state index contributed by atoms with van der Waals surface area (Å²) in [5.74, 6) is -0.0731. The smallest absolute Gasteiger partial charge is 0.323 e. The Bertz CT molecular complexity index is 365.